The normalized spacial score (nSPS) is 10.1. The number of halogens is 2. The van der Waals surface area contributed by atoms with Crippen molar-refractivity contribution in [3.05, 3.63) is 48.2 Å². The van der Waals surface area contributed by atoms with Gasteiger partial charge in [-0.3, -0.25) is 0 Å². The van der Waals surface area contributed by atoms with Crippen molar-refractivity contribution >= 4 is 0 Å². The second kappa shape index (κ2) is 4.14. The highest BCUT2D eigenvalue weighted by molar-refractivity contribution is 5.30. The SMILES string of the molecule is Oc1ccc(Oc2ccc(F)cc2F)nc1. The molecule has 0 fully saturated rings. The zero-order valence-corrected chi connectivity index (χ0v) is 8.02. The van der Waals surface area contributed by atoms with Crippen LogP contribution in [0.4, 0.5) is 8.78 Å². The van der Waals surface area contributed by atoms with E-state index >= 15 is 0 Å². The van der Waals surface area contributed by atoms with Crippen molar-refractivity contribution in [2.45, 2.75) is 0 Å². The number of benzene rings is 1. The van der Waals surface area contributed by atoms with E-state index in [1.165, 1.54) is 18.2 Å². The van der Waals surface area contributed by atoms with Crippen molar-refractivity contribution in [2.75, 3.05) is 0 Å². The van der Waals surface area contributed by atoms with Crippen LogP contribution in [-0.2, 0) is 0 Å². The van der Waals surface area contributed by atoms with Crippen LogP contribution < -0.4 is 4.74 Å². The Kier molecular flexibility index (Phi) is 2.68. The van der Waals surface area contributed by atoms with Gasteiger partial charge in [0.1, 0.15) is 11.6 Å². The van der Waals surface area contributed by atoms with E-state index in [1.54, 1.807) is 0 Å². The van der Waals surface area contributed by atoms with Gasteiger partial charge in [0.25, 0.3) is 0 Å². The number of nitrogens with zero attached hydrogens (tertiary/aromatic N) is 1. The molecule has 82 valence electrons. The summed E-state index contributed by atoms with van der Waals surface area (Å²) in [6, 6.07) is 5.69. The van der Waals surface area contributed by atoms with E-state index in [-0.39, 0.29) is 17.4 Å². The van der Waals surface area contributed by atoms with Gasteiger partial charge in [-0.15, -0.1) is 0 Å². The Morgan fingerprint density at radius 2 is 1.94 bits per heavy atom. The lowest BCUT2D eigenvalue weighted by molar-refractivity contribution is 0.419. The summed E-state index contributed by atoms with van der Waals surface area (Å²) < 4.78 is 30.8. The van der Waals surface area contributed by atoms with Crippen molar-refractivity contribution in [3.63, 3.8) is 0 Å². The molecule has 0 aliphatic carbocycles. The maximum Gasteiger partial charge on any atom is 0.219 e. The predicted octanol–water partition coefficient (Wildman–Crippen LogP) is 2.86. The highest BCUT2D eigenvalue weighted by Gasteiger charge is 2.06. The molecule has 0 atom stereocenters. The number of hydrogen-bond donors (Lipinski definition) is 1. The van der Waals surface area contributed by atoms with Crippen LogP contribution in [0.25, 0.3) is 0 Å². The topological polar surface area (TPSA) is 42.4 Å². The van der Waals surface area contributed by atoms with Gasteiger partial charge in [0, 0.05) is 12.1 Å². The number of rotatable bonds is 2. The van der Waals surface area contributed by atoms with Gasteiger partial charge >= 0.3 is 0 Å². The van der Waals surface area contributed by atoms with Crippen LogP contribution in [0.3, 0.4) is 0 Å². The van der Waals surface area contributed by atoms with Gasteiger partial charge in [-0.2, -0.15) is 0 Å². The quantitative estimate of drug-likeness (QED) is 0.851. The molecule has 0 amide bonds. The molecule has 0 bridgehead atoms. The van der Waals surface area contributed by atoms with Crippen LogP contribution in [0.2, 0.25) is 0 Å². The van der Waals surface area contributed by atoms with Crippen molar-refractivity contribution in [1.82, 2.24) is 4.98 Å². The minimum atomic E-state index is -0.810. The van der Waals surface area contributed by atoms with Gasteiger partial charge in [0.15, 0.2) is 11.6 Å². The Morgan fingerprint density at radius 3 is 2.56 bits per heavy atom. The third-order valence-electron chi connectivity index (χ3n) is 1.83. The maximum absolute atomic E-state index is 13.2. The Morgan fingerprint density at radius 1 is 1.12 bits per heavy atom. The fourth-order valence-corrected chi connectivity index (χ4v) is 1.10. The number of aromatic hydroxyl groups is 1. The molecule has 2 rings (SSSR count). The average molecular weight is 223 g/mol. The largest absolute Gasteiger partial charge is 0.506 e. The minimum absolute atomic E-state index is 0.0214. The van der Waals surface area contributed by atoms with E-state index in [2.05, 4.69) is 4.98 Å². The van der Waals surface area contributed by atoms with Crippen LogP contribution in [0.15, 0.2) is 36.5 Å². The molecule has 0 spiro atoms. The number of pyridine rings is 1. The monoisotopic (exact) mass is 223 g/mol. The standard InChI is InChI=1S/C11H7F2NO2/c12-7-1-3-10(9(13)5-7)16-11-4-2-8(15)6-14-11/h1-6,15H. The van der Waals surface area contributed by atoms with E-state index in [0.717, 1.165) is 18.3 Å². The number of hydrogen-bond acceptors (Lipinski definition) is 3. The summed E-state index contributed by atoms with van der Waals surface area (Å²) in [5.41, 5.74) is 0. The van der Waals surface area contributed by atoms with Gasteiger partial charge in [-0.1, -0.05) is 0 Å². The van der Waals surface area contributed by atoms with E-state index in [0.29, 0.717) is 0 Å². The van der Waals surface area contributed by atoms with Gasteiger partial charge in [-0.25, -0.2) is 13.8 Å². The van der Waals surface area contributed by atoms with Crippen LogP contribution in [0.5, 0.6) is 17.4 Å². The fourth-order valence-electron chi connectivity index (χ4n) is 1.10. The van der Waals surface area contributed by atoms with Crippen molar-refractivity contribution in [1.29, 1.82) is 0 Å². The van der Waals surface area contributed by atoms with Gasteiger partial charge in [0.2, 0.25) is 5.88 Å². The van der Waals surface area contributed by atoms with Crippen LogP contribution >= 0.6 is 0 Å². The van der Waals surface area contributed by atoms with Crippen molar-refractivity contribution in [3.8, 4) is 17.4 Å². The predicted molar refractivity (Wildman–Crippen MR) is 52.3 cm³/mol. The lowest BCUT2D eigenvalue weighted by atomic mass is 10.3. The van der Waals surface area contributed by atoms with Crippen molar-refractivity contribution < 1.29 is 18.6 Å². The van der Waals surface area contributed by atoms with Gasteiger partial charge in [0.05, 0.1) is 6.20 Å². The highest BCUT2D eigenvalue weighted by Crippen LogP contribution is 2.24. The molecule has 0 aliphatic heterocycles. The molecule has 1 heterocycles. The average Bonchev–Trinajstić information content (AvgIpc) is 2.25. The summed E-state index contributed by atoms with van der Waals surface area (Å²) in [6.45, 7) is 0. The summed E-state index contributed by atoms with van der Waals surface area (Å²) >= 11 is 0. The number of aromatic nitrogens is 1. The molecular formula is C11H7F2NO2. The minimum Gasteiger partial charge on any atom is -0.506 e. The Bertz CT molecular complexity index is 500. The first-order valence-electron chi connectivity index (χ1n) is 4.43. The third-order valence-corrected chi connectivity index (χ3v) is 1.83. The second-order valence-corrected chi connectivity index (χ2v) is 3.03. The molecule has 0 radical (unpaired) electrons. The fraction of sp³-hybridized carbons (Fsp3) is 0. The zero-order valence-electron chi connectivity index (χ0n) is 8.02. The zero-order chi connectivity index (χ0) is 11.5. The molecular weight excluding hydrogens is 216 g/mol. The lowest BCUT2D eigenvalue weighted by Crippen LogP contribution is -1.91. The molecule has 0 unspecified atom stereocenters. The second-order valence-electron chi connectivity index (χ2n) is 3.03. The molecule has 0 saturated heterocycles. The summed E-state index contributed by atoms with van der Waals surface area (Å²) in [4.78, 5) is 3.70. The maximum atomic E-state index is 13.2. The molecule has 1 aromatic carbocycles. The molecule has 16 heavy (non-hydrogen) atoms. The first-order valence-corrected chi connectivity index (χ1v) is 4.43. The van der Waals surface area contributed by atoms with Crippen LogP contribution in [0, 0.1) is 11.6 Å². The summed E-state index contributed by atoms with van der Waals surface area (Å²) in [6.07, 6.45) is 1.16. The Hall–Kier alpha value is -2.17. The van der Waals surface area contributed by atoms with Crippen molar-refractivity contribution in [2.24, 2.45) is 0 Å². The number of ether oxygens (including phenoxy) is 1. The van der Waals surface area contributed by atoms with E-state index < -0.39 is 11.6 Å². The Labute approximate surface area is 89.9 Å². The molecule has 0 aliphatic rings. The van der Waals surface area contributed by atoms with E-state index in [9.17, 15) is 8.78 Å². The smallest absolute Gasteiger partial charge is 0.219 e. The highest BCUT2D eigenvalue weighted by atomic mass is 19.1. The lowest BCUT2D eigenvalue weighted by Gasteiger charge is -2.05. The summed E-state index contributed by atoms with van der Waals surface area (Å²) in [7, 11) is 0. The molecule has 2 aromatic rings. The van der Waals surface area contributed by atoms with Gasteiger partial charge < -0.3 is 9.84 Å². The third kappa shape index (κ3) is 2.25. The summed E-state index contributed by atoms with van der Waals surface area (Å²) in [5.74, 6) is -1.52. The van der Waals surface area contributed by atoms with E-state index in [4.69, 9.17) is 9.84 Å². The van der Waals surface area contributed by atoms with Crippen LogP contribution in [0.1, 0.15) is 0 Å². The van der Waals surface area contributed by atoms with E-state index in [1.807, 2.05) is 0 Å². The summed E-state index contributed by atoms with van der Waals surface area (Å²) in [5, 5.41) is 8.97. The van der Waals surface area contributed by atoms with Gasteiger partial charge in [-0.05, 0) is 18.2 Å². The molecule has 3 nitrogen and oxygen atoms in total. The first-order chi connectivity index (χ1) is 7.65. The molecule has 5 heteroatoms. The molecule has 0 saturated carbocycles. The molecule has 1 aromatic heterocycles. The first kappa shape index (κ1) is 10.4. The van der Waals surface area contributed by atoms with Crippen LogP contribution in [-0.4, -0.2) is 10.1 Å². The Balaban J connectivity index is 2.23. The molecule has 1 N–H and O–H groups in total.